The highest BCUT2D eigenvalue weighted by Gasteiger charge is 2.34. The Morgan fingerprint density at radius 3 is 2.55 bits per heavy atom. The van der Waals surface area contributed by atoms with Crippen LogP contribution in [0.15, 0.2) is 28.0 Å². The molecule has 0 saturated heterocycles. The molecule has 0 aromatic heterocycles. The molecule has 1 aliphatic rings. The van der Waals surface area contributed by atoms with E-state index < -0.39 is 15.8 Å². The number of carbonyl (C=O) groups is 1. The molecule has 6 heteroatoms. The molecule has 0 aliphatic heterocycles. The first kappa shape index (κ1) is 15.4. The lowest BCUT2D eigenvalue weighted by Crippen LogP contribution is -2.10. The molecule has 20 heavy (non-hydrogen) atoms. The largest absolute Gasteiger partial charge is 0.481 e. The maximum atomic E-state index is 11.9. The summed E-state index contributed by atoms with van der Waals surface area (Å²) >= 11 is 1.39. The van der Waals surface area contributed by atoms with Gasteiger partial charge in [0.2, 0.25) is 0 Å². The zero-order valence-electron chi connectivity index (χ0n) is 11.5. The first-order valence-corrected chi connectivity index (χ1v) is 9.54. The minimum atomic E-state index is -3.30. The second-order valence-corrected chi connectivity index (χ2v) is 8.06. The fourth-order valence-electron chi connectivity index (χ4n) is 2.46. The fourth-order valence-corrected chi connectivity index (χ4v) is 4.41. The van der Waals surface area contributed by atoms with E-state index in [1.165, 1.54) is 18.0 Å². The first-order chi connectivity index (χ1) is 9.32. The predicted octanol–water partition coefficient (Wildman–Crippen LogP) is 2.78. The van der Waals surface area contributed by atoms with Gasteiger partial charge in [0.1, 0.15) is 0 Å². The summed E-state index contributed by atoms with van der Waals surface area (Å²) in [4.78, 5) is 12.0. The number of aliphatic carboxylic acids is 1. The van der Waals surface area contributed by atoms with Gasteiger partial charge in [-0.05, 0) is 48.6 Å². The van der Waals surface area contributed by atoms with Crippen LogP contribution in [0.4, 0.5) is 0 Å². The molecule has 0 amide bonds. The smallest absolute Gasteiger partial charge is 0.303 e. The summed E-state index contributed by atoms with van der Waals surface area (Å²) in [6.45, 7) is 0. The Kier molecular flexibility index (Phi) is 4.44. The molecular weight excluding hydrogens is 296 g/mol. The van der Waals surface area contributed by atoms with Crippen LogP contribution in [-0.2, 0) is 14.6 Å². The lowest BCUT2D eigenvalue weighted by Gasteiger charge is -2.16. The van der Waals surface area contributed by atoms with Crippen molar-refractivity contribution >= 4 is 27.6 Å². The van der Waals surface area contributed by atoms with Crippen molar-refractivity contribution < 1.29 is 18.3 Å². The first-order valence-electron chi connectivity index (χ1n) is 6.42. The van der Waals surface area contributed by atoms with Gasteiger partial charge in [0.25, 0.3) is 0 Å². The van der Waals surface area contributed by atoms with Gasteiger partial charge in [0.05, 0.1) is 11.3 Å². The number of carboxylic acids is 1. The molecule has 1 fully saturated rings. The summed E-state index contributed by atoms with van der Waals surface area (Å²) in [5, 5.41) is 9.03. The highest BCUT2D eigenvalue weighted by molar-refractivity contribution is 7.99. The Morgan fingerprint density at radius 1 is 1.45 bits per heavy atom. The van der Waals surface area contributed by atoms with Gasteiger partial charge in [0, 0.05) is 11.2 Å². The van der Waals surface area contributed by atoms with E-state index in [1.807, 2.05) is 12.3 Å². The van der Waals surface area contributed by atoms with Crippen molar-refractivity contribution in [2.45, 2.75) is 35.0 Å². The number of benzene rings is 1. The van der Waals surface area contributed by atoms with E-state index in [1.54, 1.807) is 12.1 Å². The predicted molar refractivity (Wildman–Crippen MR) is 79.1 cm³/mol. The van der Waals surface area contributed by atoms with Gasteiger partial charge in [-0.15, -0.1) is 11.8 Å². The third-order valence-corrected chi connectivity index (χ3v) is 5.66. The summed E-state index contributed by atoms with van der Waals surface area (Å²) in [7, 11) is -3.30. The Bertz CT molecular complexity index is 618. The molecule has 1 N–H and O–H groups in total. The maximum absolute atomic E-state index is 11.9. The lowest BCUT2D eigenvalue weighted by molar-refractivity contribution is -0.137. The summed E-state index contributed by atoms with van der Waals surface area (Å²) in [5.74, 6) is -0.542. The van der Waals surface area contributed by atoms with Crippen LogP contribution < -0.4 is 0 Å². The van der Waals surface area contributed by atoms with Crippen LogP contribution in [0, 0.1) is 5.92 Å². The van der Waals surface area contributed by atoms with E-state index in [2.05, 4.69) is 0 Å². The molecule has 1 atom stereocenters. The molecule has 4 nitrogen and oxygen atoms in total. The van der Waals surface area contributed by atoms with Gasteiger partial charge in [-0.3, -0.25) is 4.79 Å². The fraction of sp³-hybridized carbons (Fsp3) is 0.500. The minimum absolute atomic E-state index is 0.0620. The van der Waals surface area contributed by atoms with Crippen LogP contribution in [0.1, 0.15) is 30.7 Å². The van der Waals surface area contributed by atoms with Gasteiger partial charge in [-0.1, -0.05) is 6.07 Å². The van der Waals surface area contributed by atoms with Crippen LogP contribution in [0.3, 0.4) is 0 Å². The van der Waals surface area contributed by atoms with Crippen molar-refractivity contribution in [3.05, 3.63) is 23.8 Å². The highest BCUT2D eigenvalue weighted by Crippen LogP contribution is 2.45. The number of carboxylic acid groups (broad SMARTS) is 1. The topological polar surface area (TPSA) is 71.4 Å². The van der Waals surface area contributed by atoms with Gasteiger partial charge in [-0.25, -0.2) is 8.42 Å². The van der Waals surface area contributed by atoms with Crippen LogP contribution in [0.5, 0.6) is 0 Å². The third-order valence-electron chi connectivity index (χ3n) is 3.60. The van der Waals surface area contributed by atoms with E-state index in [4.69, 9.17) is 5.11 Å². The van der Waals surface area contributed by atoms with Gasteiger partial charge >= 0.3 is 5.97 Å². The van der Waals surface area contributed by atoms with E-state index in [9.17, 15) is 13.2 Å². The zero-order chi connectivity index (χ0) is 14.9. The summed E-state index contributed by atoms with van der Waals surface area (Å²) < 4.78 is 23.7. The Labute approximate surface area is 123 Å². The van der Waals surface area contributed by atoms with Gasteiger partial charge in [0.15, 0.2) is 9.84 Å². The minimum Gasteiger partial charge on any atom is -0.481 e. The van der Waals surface area contributed by atoms with Gasteiger partial charge < -0.3 is 5.11 Å². The van der Waals surface area contributed by atoms with E-state index >= 15 is 0 Å². The van der Waals surface area contributed by atoms with Crippen molar-refractivity contribution in [2.24, 2.45) is 5.92 Å². The summed E-state index contributed by atoms with van der Waals surface area (Å²) in [6.07, 6.45) is 5.13. The normalized spacial score (nSPS) is 16.9. The molecular formula is C14H18O4S2. The summed E-state index contributed by atoms with van der Waals surface area (Å²) in [5.41, 5.74) is 0.827. The van der Waals surface area contributed by atoms with E-state index in [-0.39, 0.29) is 12.3 Å². The van der Waals surface area contributed by atoms with Gasteiger partial charge in [-0.2, -0.15) is 0 Å². The standard InChI is InChI=1S/C14H18O4S2/c1-19-12-6-5-10(7-13(12)20(2,17)18)11(8-14(15)16)9-3-4-9/h5-7,9,11H,3-4,8H2,1-2H3,(H,15,16). The second-order valence-electron chi connectivity index (χ2n) is 5.22. The Morgan fingerprint density at radius 2 is 2.10 bits per heavy atom. The Balaban J connectivity index is 2.43. The molecule has 0 spiro atoms. The van der Waals surface area contributed by atoms with Crippen LogP contribution in [0.2, 0.25) is 0 Å². The molecule has 2 rings (SSSR count). The van der Waals surface area contributed by atoms with Crippen molar-refractivity contribution in [1.82, 2.24) is 0 Å². The SMILES string of the molecule is CSc1ccc(C(CC(=O)O)C2CC2)cc1S(C)(=O)=O. The van der Waals surface area contributed by atoms with Crippen molar-refractivity contribution in [2.75, 3.05) is 12.5 Å². The lowest BCUT2D eigenvalue weighted by atomic mass is 9.91. The number of sulfone groups is 1. The monoisotopic (exact) mass is 314 g/mol. The number of thioether (sulfide) groups is 1. The zero-order valence-corrected chi connectivity index (χ0v) is 13.1. The average Bonchev–Trinajstić information content (AvgIpc) is 3.18. The summed E-state index contributed by atoms with van der Waals surface area (Å²) in [6, 6.07) is 5.31. The molecule has 1 saturated carbocycles. The van der Waals surface area contributed by atoms with E-state index in [0.29, 0.717) is 15.7 Å². The molecule has 0 heterocycles. The average molecular weight is 314 g/mol. The molecule has 0 bridgehead atoms. The van der Waals surface area contributed by atoms with Crippen LogP contribution in [0.25, 0.3) is 0 Å². The van der Waals surface area contributed by atoms with Crippen molar-refractivity contribution in [1.29, 1.82) is 0 Å². The number of rotatable bonds is 6. The van der Waals surface area contributed by atoms with Crippen LogP contribution in [-0.4, -0.2) is 32.0 Å². The molecule has 1 aromatic carbocycles. The van der Waals surface area contributed by atoms with E-state index in [0.717, 1.165) is 18.4 Å². The molecule has 110 valence electrons. The molecule has 1 aliphatic carbocycles. The second kappa shape index (κ2) is 5.77. The van der Waals surface area contributed by atoms with Crippen LogP contribution >= 0.6 is 11.8 Å². The quantitative estimate of drug-likeness (QED) is 0.818. The number of hydrogen-bond donors (Lipinski definition) is 1. The van der Waals surface area contributed by atoms with Crippen molar-refractivity contribution in [3.8, 4) is 0 Å². The number of hydrogen-bond acceptors (Lipinski definition) is 4. The molecule has 1 unspecified atom stereocenters. The third kappa shape index (κ3) is 3.55. The molecule has 0 radical (unpaired) electrons. The molecule has 1 aromatic rings. The Hall–Kier alpha value is -1.01. The highest BCUT2D eigenvalue weighted by atomic mass is 32.2. The maximum Gasteiger partial charge on any atom is 0.303 e. The van der Waals surface area contributed by atoms with Crippen molar-refractivity contribution in [3.63, 3.8) is 0 Å².